The van der Waals surface area contributed by atoms with E-state index in [1.807, 2.05) is 11.3 Å². The lowest BCUT2D eigenvalue weighted by molar-refractivity contribution is 0.260. The number of nitrogens with zero attached hydrogens (tertiary/aromatic N) is 3. The second kappa shape index (κ2) is 9.59. The van der Waals surface area contributed by atoms with Gasteiger partial charge in [0, 0.05) is 38.2 Å². The van der Waals surface area contributed by atoms with E-state index < -0.39 is 0 Å². The molecular weight excluding hydrogens is 440 g/mol. The lowest BCUT2D eigenvalue weighted by Crippen LogP contribution is -2.15. The van der Waals surface area contributed by atoms with Gasteiger partial charge < -0.3 is 19.2 Å². The maximum Gasteiger partial charge on any atom is 0.157 e. The summed E-state index contributed by atoms with van der Waals surface area (Å²) in [6.45, 7) is 4.00. The van der Waals surface area contributed by atoms with Gasteiger partial charge in [-0.05, 0) is 73.9 Å². The van der Waals surface area contributed by atoms with Crippen LogP contribution in [0.4, 0.5) is 0 Å². The Morgan fingerprint density at radius 2 is 2.03 bits per heavy atom. The molecule has 0 spiro atoms. The van der Waals surface area contributed by atoms with E-state index in [0.717, 1.165) is 50.7 Å². The Kier molecular flexibility index (Phi) is 6.18. The second-order valence-electron chi connectivity index (χ2n) is 9.99. The van der Waals surface area contributed by atoms with Crippen molar-refractivity contribution >= 4 is 21.6 Å². The molecule has 5 nitrogen and oxygen atoms in total. The molecule has 1 atom stereocenters. The van der Waals surface area contributed by atoms with Crippen molar-refractivity contribution in [1.82, 2.24) is 19.4 Å². The fourth-order valence-corrected chi connectivity index (χ4v) is 6.10. The Balaban J connectivity index is 1.12. The van der Waals surface area contributed by atoms with Crippen molar-refractivity contribution in [2.24, 2.45) is 13.0 Å². The van der Waals surface area contributed by atoms with Gasteiger partial charge in [0.15, 0.2) is 5.82 Å². The molecule has 0 amide bonds. The molecule has 1 aliphatic heterocycles. The van der Waals surface area contributed by atoms with Gasteiger partial charge in [0.1, 0.15) is 5.75 Å². The molecule has 0 bridgehead atoms. The first-order valence-corrected chi connectivity index (χ1v) is 13.7. The lowest BCUT2D eigenvalue weighted by Gasteiger charge is -2.22. The van der Waals surface area contributed by atoms with Crippen LogP contribution in [0.1, 0.15) is 49.3 Å². The van der Waals surface area contributed by atoms with Gasteiger partial charge in [0.2, 0.25) is 0 Å². The van der Waals surface area contributed by atoms with E-state index in [9.17, 15) is 0 Å². The summed E-state index contributed by atoms with van der Waals surface area (Å²) in [4.78, 5) is 5.15. The average Bonchev–Trinajstić information content (AvgIpc) is 3.59. The number of fused-ring (bicyclic) bond motifs is 1. The highest BCUT2D eigenvalue weighted by atomic mass is 32.1. The van der Waals surface area contributed by atoms with E-state index in [-0.39, 0.29) is 0 Å². The highest BCUT2D eigenvalue weighted by Crippen LogP contribution is 2.38. The van der Waals surface area contributed by atoms with Crippen LogP contribution in [0.2, 0.25) is 0 Å². The third-order valence-electron chi connectivity index (χ3n) is 7.65. The number of aryl methyl sites for hydroxylation is 3. The zero-order chi connectivity index (χ0) is 22.9. The molecule has 178 valence electrons. The summed E-state index contributed by atoms with van der Waals surface area (Å²) in [5.74, 6) is 3.40. The van der Waals surface area contributed by atoms with Crippen LogP contribution in [0.5, 0.6) is 5.75 Å². The van der Waals surface area contributed by atoms with E-state index in [0.29, 0.717) is 11.8 Å². The number of rotatable bonds is 9. The molecule has 0 unspecified atom stereocenters. The molecule has 1 aliphatic carbocycles. The first-order valence-electron chi connectivity index (χ1n) is 12.8. The zero-order valence-corrected chi connectivity index (χ0v) is 20.8. The minimum atomic E-state index is 0.647. The third kappa shape index (κ3) is 4.41. The molecule has 6 rings (SSSR count). The van der Waals surface area contributed by atoms with E-state index in [1.165, 1.54) is 52.9 Å². The first kappa shape index (κ1) is 21.9. The van der Waals surface area contributed by atoms with Crippen LogP contribution in [-0.2, 0) is 20.0 Å². The molecule has 4 heterocycles. The van der Waals surface area contributed by atoms with Crippen molar-refractivity contribution in [3.63, 3.8) is 0 Å². The van der Waals surface area contributed by atoms with Gasteiger partial charge in [-0.3, -0.25) is 0 Å². The van der Waals surface area contributed by atoms with Crippen LogP contribution in [0.25, 0.3) is 21.7 Å². The maximum atomic E-state index is 6.00. The Hall–Kier alpha value is -2.57. The molecule has 1 aromatic carbocycles. The summed E-state index contributed by atoms with van der Waals surface area (Å²) in [5.41, 5.74) is 5.18. The zero-order valence-electron chi connectivity index (χ0n) is 20.0. The number of benzene rings is 1. The second-order valence-corrected chi connectivity index (χ2v) is 10.9. The molecule has 1 saturated heterocycles. The first-order chi connectivity index (χ1) is 16.7. The maximum absolute atomic E-state index is 6.00. The van der Waals surface area contributed by atoms with Crippen molar-refractivity contribution in [3.05, 3.63) is 59.2 Å². The van der Waals surface area contributed by atoms with Crippen LogP contribution in [-0.4, -0.2) is 33.8 Å². The molecule has 1 saturated carbocycles. The van der Waals surface area contributed by atoms with E-state index in [4.69, 9.17) is 9.72 Å². The van der Waals surface area contributed by atoms with E-state index in [1.54, 1.807) is 0 Å². The molecule has 0 radical (unpaired) electrons. The molecule has 34 heavy (non-hydrogen) atoms. The van der Waals surface area contributed by atoms with Gasteiger partial charge in [-0.1, -0.05) is 18.6 Å². The normalized spacial score (nSPS) is 18.6. The number of thiophene rings is 1. The minimum Gasteiger partial charge on any atom is -0.493 e. The number of imidazole rings is 1. The summed E-state index contributed by atoms with van der Waals surface area (Å²) in [6, 6.07) is 13.2. The lowest BCUT2D eigenvalue weighted by atomic mass is 9.83. The van der Waals surface area contributed by atoms with Gasteiger partial charge >= 0.3 is 0 Å². The Morgan fingerprint density at radius 1 is 1.15 bits per heavy atom. The van der Waals surface area contributed by atoms with Gasteiger partial charge in [-0.15, -0.1) is 11.3 Å². The van der Waals surface area contributed by atoms with Crippen LogP contribution in [0.3, 0.4) is 0 Å². The van der Waals surface area contributed by atoms with Gasteiger partial charge in [0.05, 0.1) is 28.2 Å². The van der Waals surface area contributed by atoms with Crippen molar-refractivity contribution < 1.29 is 4.74 Å². The van der Waals surface area contributed by atoms with Crippen LogP contribution in [0, 0.1) is 5.92 Å². The summed E-state index contributed by atoms with van der Waals surface area (Å²) < 4.78 is 12.0. The molecular formula is C28H34N4OS. The highest BCUT2D eigenvalue weighted by molar-refractivity contribution is 7.17. The summed E-state index contributed by atoms with van der Waals surface area (Å²) in [6.07, 6.45) is 9.61. The Labute approximate surface area is 205 Å². The molecule has 1 N–H and O–H groups in total. The summed E-state index contributed by atoms with van der Waals surface area (Å²) >= 11 is 1.81. The monoisotopic (exact) mass is 474 g/mol. The summed E-state index contributed by atoms with van der Waals surface area (Å²) in [7, 11) is 2.17. The minimum absolute atomic E-state index is 0.647. The van der Waals surface area contributed by atoms with E-state index >= 15 is 0 Å². The number of hydrogen-bond acceptors (Lipinski definition) is 4. The van der Waals surface area contributed by atoms with Crippen LogP contribution >= 0.6 is 11.3 Å². The van der Waals surface area contributed by atoms with Crippen LogP contribution < -0.4 is 10.1 Å². The van der Waals surface area contributed by atoms with Crippen molar-refractivity contribution in [3.8, 4) is 17.3 Å². The molecule has 3 aromatic heterocycles. The molecule has 2 aliphatic rings. The van der Waals surface area contributed by atoms with Gasteiger partial charge in [0.25, 0.3) is 0 Å². The smallest absolute Gasteiger partial charge is 0.157 e. The fraction of sp³-hybridized carbons (Fsp3) is 0.464. The predicted molar refractivity (Wildman–Crippen MR) is 140 cm³/mol. The molecule has 2 fully saturated rings. The number of hydrogen-bond donors (Lipinski definition) is 1. The standard InChI is InChI=1S/C28H34N4OS/c1-31-25-12-15-34-27(25)16-26(31)28-30-24(22-5-2-6-22)18-32(28)14-3-4-20-7-9-23(10-8-20)33-19-21-11-13-29-17-21/h7-10,12,15-16,18,21-22,29H,2-6,11,13-14,17,19H2,1H3/t21-/m0/s1. The van der Waals surface area contributed by atoms with Gasteiger partial charge in [-0.25, -0.2) is 4.98 Å². The van der Waals surface area contributed by atoms with E-state index in [2.05, 4.69) is 69.5 Å². The number of nitrogens with one attached hydrogen (secondary N) is 1. The number of ether oxygens (including phenoxy) is 1. The highest BCUT2D eigenvalue weighted by Gasteiger charge is 2.25. The predicted octanol–water partition coefficient (Wildman–Crippen LogP) is 5.99. The fourth-order valence-electron chi connectivity index (χ4n) is 5.25. The van der Waals surface area contributed by atoms with Crippen molar-refractivity contribution in [1.29, 1.82) is 0 Å². The molecule has 4 aromatic rings. The average molecular weight is 475 g/mol. The topological polar surface area (TPSA) is 44.0 Å². The Bertz CT molecular complexity index is 1240. The van der Waals surface area contributed by atoms with Crippen molar-refractivity contribution in [2.75, 3.05) is 19.7 Å². The number of aromatic nitrogens is 3. The van der Waals surface area contributed by atoms with Crippen LogP contribution in [0.15, 0.2) is 48.0 Å². The quantitative estimate of drug-likeness (QED) is 0.324. The largest absolute Gasteiger partial charge is 0.493 e. The van der Waals surface area contributed by atoms with Gasteiger partial charge in [-0.2, -0.15) is 0 Å². The Morgan fingerprint density at radius 3 is 2.76 bits per heavy atom. The van der Waals surface area contributed by atoms with Crippen molar-refractivity contribution in [2.45, 2.75) is 51.0 Å². The molecule has 6 heteroatoms. The SMILES string of the molecule is Cn1c(-c2nc(C3CCC3)cn2CCCc2ccc(OC[C@H]3CCNC3)cc2)cc2sccc21. The third-order valence-corrected chi connectivity index (χ3v) is 8.50. The summed E-state index contributed by atoms with van der Waals surface area (Å²) in [5, 5.41) is 5.57.